The van der Waals surface area contributed by atoms with Crippen molar-refractivity contribution < 1.29 is 0 Å². The quantitative estimate of drug-likeness (QED) is 0.651. The SMILES string of the molecule is CCN(Cn1nc(C)n(Cc2ccccc2)c1=S)C1C2CC3CC(C2)CC1C3. The highest BCUT2D eigenvalue weighted by Crippen LogP contribution is 2.55. The molecule has 5 heteroatoms. The number of aryl methyl sites for hydroxylation is 1. The molecule has 4 aliphatic carbocycles. The molecule has 4 nitrogen and oxygen atoms in total. The lowest BCUT2D eigenvalue weighted by atomic mass is 9.54. The van der Waals surface area contributed by atoms with E-state index in [4.69, 9.17) is 17.3 Å². The minimum absolute atomic E-state index is 0.735. The molecule has 0 saturated heterocycles. The molecule has 0 amide bonds. The van der Waals surface area contributed by atoms with Crippen LogP contribution < -0.4 is 0 Å². The summed E-state index contributed by atoms with van der Waals surface area (Å²) in [5, 5.41) is 4.84. The van der Waals surface area contributed by atoms with Crippen molar-refractivity contribution in [1.29, 1.82) is 0 Å². The summed E-state index contributed by atoms with van der Waals surface area (Å²) in [5.41, 5.74) is 1.27. The molecule has 0 aliphatic heterocycles. The minimum atomic E-state index is 0.735. The molecular weight excluding hydrogens is 364 g/mol. The zero-order valence-corrected chi connectivity index (χ0v) is 17.9. The summed E-state index contributed by atoms with van der Waals surface area (Å²) in [4.78, 5) is 2.68. The Labute approximate surface area is 173 Å². The lowest BCUT2D eigenvalue weighted by molar-refractivity contribution is -0.0743. The van der Waals surface area contributed by atoms with E-state index in [0.717, 1.165) is 60.1 Å². The molecule has 1 heterocycles. The van der Waals surface area contributed by atoms with Crippen LogP contribution in [-0.2, 0) is 13.2 Å². The van der Waals surface area contributed by atoms with Crippen molar-refractivity contribution in [3.63, 3.8) is 0 Å². The van der Waals surface area contributed by atoms with Gasteiger partial charge in [0.15, 0.2) is 4.77 Å². The Morgan fingerprint density at radius 2 is 1.68 bits per heavy atom. The summed E-state index contributed by atoms with van der Waals surface area (Å²) in [6.45, 7) is 7.11. The fraction of sp³-hybridized carbons (Fsp3) is 0.652. The molecule has 0 N–H and O–H groups in total. The van der Waals surface area contributed by atoms with Gasteiger partial charge in [-0.1, -0.05) is 37.3 Å². The summed E-state index contributed by atoms with van der Waals surface area (Å²) in [6.07, 6.45) is 7.35. The summed E-state index contributed by atoms with van der Waals surface area (Å²) >= 11 is 5.84. The lowest BCUT2D eigenvalue weighted by Gasteiger charge is -2.57. The van der Waals surface area contributed by atoms with Gasteiger partial charge in [-0.15, -0.1) is 0 Å². The molecule has 0 unspecified atom stereocenters. The van der Waals surface area contributed by atoms with E-state index in [1.165, 1.54) is 37.7 Å². The Morgan fingerprint density at radius 1 is 1.04 bits per heavy atom. The van der Waals surface area contributed by atoms with E-state index in [2.05, 4.69) is 58.3 Å². The first-order valence-corrected chi connectivity index (χ1v) is 11.5. The normalized spacial score (nSPS) is 31.0. The van der Waals surface area contributed by atoms with Crippen molar-refractivity contribution in [3.8, 4) is 0 Å². The molecule has 150 valence electrons. The molecule has 1 aromatic carbocycles. The van der Waals surface area contributed by atoms with Gasteiger partial charge in [0.1, 0.15) is 5.82 Å². The Bertz CT molecular complexity index is 856. The number of benzene rings is 1. The van der Waals surface area contributed by atoms with Crippen molar-refractivity contribution in [1.82, 2.24) is 19.2 Å². The van der Waals surface area contributed by atoms with Gasteiger partial charge >= 0.3 is 0 Å². The first kappa shape index (κ1) is 18.6. The average molecular weight is 397 g/mol. The van der Waals surface area contributed by atoms with E-state index >= 15 is 0 Å². The van der Waals surface area contributed by atoms with Crippen molar-refractivity contribution in [3.05, 3.63) is 46.5 Å². The van der Waals surface area contributed by atoms with Crippen LogP contribution in [0.2, 0.25) is 0 Å². The monoisotopic (exact) mass is 396 g/mol. The molecule has 4 bridgehead atoms. The van der Waals surface area contributed by atoms with E-state index in [9.17, 15) is 0 Å². The molecule has 4 aliphatic rings. The standard InChI is InChI=1S/C23H32N4S/c1-3-25(22-20-10-18-9-19(12-20)13-21(22)11-18)15-27-23(28)26(16(2)24-27)14-17-7-5-4-6-8-17/h4-8,18-22H,3,9-15H2,1-2H3. The Hall–Kier alpha value is -1.46. The van der Waals surface area contributed by atoms with Crippen molar-refractivity contribution in [2.24, 2.45) is 23.7 Å². The fourth-order valence-electron chi connectivity index (χ4n) is 6.66. The van der Waals surface area contributed by atoms with Gasteiger partial charge in [-0.3, -0.25) is 9.47 Å². The smallest absolute Gasteiger partial charge is 0.199 e. The van der Waals surface area contributed by atoms with Crippen molar-refractivity contribution in [2.45, 2.75) is 65.2 Å². The zero-order valence-electron chi connectivity index (χ0n) is 17.1. The van der Waals surface area contributed by atoms with Crippen LogP contribution in [0.15, 0.2) is 30.3 Å². The van der Waals surface area contributed by atoms with E-state index < -0.39 is 0 Å². The second-order valence-corrected chi connectivity index (χ2v) is 9.73. The Morgan fingerprint density at radius 3 is 2.29 bits per heavy atom. The van der Waals surface area contributed by atoms with Gasteiger partial charge in [0, 0.05) is 6.04 Å². The first-order valence-electron chi connectivity index (χ1n) is 11.0. The fourth-order valence-corrected chi connectivity index (χ4v) is 6.95. The first-order chi connectivity index (χ1) is 13.6. The van der Waals surface area contributed by atoms with Gasteiger partial charge in [0.25, 0.3) is 0 Å². The summed E-state index contributed by atoms with van der Waals surface area (Å²) in [7, 11) is 0. The largest absolute Gasteiger partial charge is 0.300 e. The molecule has 0 atom stereocenters. The van der Waals surface area contributed by atoms with Crippen molar-refractivity contribution >= 4 is 12.2 Å². The second kappa shape index (κ2) is 7.42. The third-order valence-electron chi connectivity index (χ3n) is 7.61. The number of rotatable bonds is 6. The molecule has 6 rings (SSSR count). The van der Waals surface area contributed by atoms with E-state index in [1.54, 1.807) is 0 Å². The molecule has 4 saturated carbocycles. The predicted octanol–water partition coefficient (Wildman–Crippen LogP) is 4.87. The maximum absolute atomic E-state index is 5.84. The number of hydrogen-bond acceptors (Lipinski definition) is 3. The third-order valence-corrected chi connectivity index (χ3v) is 8.04. The Kier molecular flexibility index (Phi) is 4.92. The van der Waals surface area contributed by atoms with Gasteiger partial charge in [0.2, 0.25) is 0 Å². The minimum Gasteiger partial charge on any atom is -0.300 e. The lowest BCUT2D eigenvalue weighted by Crippen LogP contribution is -2.56. The van der Waals surface area contributed by atoms with Crippen LogP contribution in [-0.4, -0.2) is 31.8 Å². The molecule has 0 radical (unpaired) electrons. The molecule has 0 spiro atoms. The van der Waals surface area contributed by atoms with E-state index in [-0.39, 0.29) is 0 Å². The zero-order chi connectivity index (χ0) is 19.3. The Balaban J connectivity index is 1.36. The highest BCUT2D eigenvalue weighted by molar-refractivity contribution is 7.71. The molecule has 1 aromatic heterocycles. The number of hydrogen-bond donors (Lipinski definition) is 0. The van der Waals surface area contributed by atoms with Crippen molar-refractivity contribution in [2.75, 3.05) is 6.54 Å². The van der Waals surface area contributed by atoms with Gasteiger partial charge in [-0.2, -0.15) is 5.10 Å². The average Bonchev–Trinajstić information content (AvgIpc) is 2.94. The molecule has 28 heavy (non-hydrogen) atoms. The molecule has 4 fully saturated rings. The number of nitrogens with zero attached hydrogens (tertiary/aromatic N) is 4. The summed E-state index contributed by atoms with van der Waals surface area (Å²) < 4.78 is 5.10. The van der Waals surface area contributed by atoms with Gasteiger partial charge in [-0.05, 0) is 87.0 Å². The van der Waals surface area contributed by atoms with E-state index in [0.29, 0.717) is 0 Å². The maximum Gasteiger partial charge on any atom is 0.199 e. The van der Waals surface area contributed by atoms with E-state index in [1.807, 2.05) is 0 Å². The van der Waals surface area contributed by atoms with Crippen LogP contribution in [0.3, 0.4) is 0 Å². The van der Waals surface area contributed by atoms with Crippen LogP contribution in [0.1, 0.15) is 50.4 Å². The highest BCUT2D eigenvalue weighted by Gasteiger charge is 2.49. The molecular formula is C23H32N4S. The van der Waals surface area contributed by atoms with Gasteiger partial charge < -0.3 is 0 Å². The molecule has 2 aromatic rings. The van der Waals surface area contributed by atoms with Crippen LogP contribution in [0, 0.1) is 35.4 Å². The van der Waals surface area contributed by atoms with Crippen LogP contribution >= 0.6 is 12.2 Å². The van der Waals surface area contributed by atoms with Crippen LogP contribution in [0.5, 0.6) is 0 Å². The van der Waals surface area contributed by atoms with Crippen LogP contribution in [0.4, 0.5) is 0 Å². The second-order valence-electron chi connectivity index (χ2n) is 9.37. The highest BCUT2D eigenvalue weighted by atomic mass is 32.1. The topological polar surface area (TPSA) is 26.0 Å². The van der Waals surface area contributed by atoms with Gasteiger partial charge in [0.05, 0.1) is 13.2 Å². The van der Waals surface area contributed by atoms with Gasteiger partial charge in [-0.25, -0.2) is 4.68 Å². The number of aromatic nitrogens is 3. The third kappa shape index (κ3) is 3.26. The van der Waals surface area contributed by atoms with Crippen LogP contribution in [0.25, 0.3) is 0 Å². The maximum atomic E-state index is 5.84. The predicted molar refractivity (Wildman–Crippen MR) is 115 cm³/mol. The summed E-state index contributed by atoms with van der Waals surface area (Å²) in [6, 6.07) is 11.3. The summed E-state index contributed by atoms with van der Waals surface area (Å²) in [5.74, 6) is 4.85.